The van der Waals surface area contributed by atoms with E-state index in [1.165, 1.54) is 12.1 Å². The van der Waals surface area contributed by atoms with Crippen LogP contribution in [0.2, 0.25) is 0 Å². The highest BCUT2D eigenvalue weighted by Crippen LogP contribution is 2.25. The van der Waals surface area contributed by atoms with Gasteiger partial charge in [-0.15, -0.1) is 0 Å². The first-order valence-corrected chi connectivity index (χ1v) is 4.99. The van der Waals surface area contributed by atoms with E-state index in [1.54, 1.807) is 6.07 Å². The lowest BCUT2D eigenvalue weighted by molar-refractivity contribution is -0.383. The van der Waals surface area contributed by atoms with Gasteiger partial charge in [-0.2, -0.15) is 4.73 Å². The van der Waals surface area contributed by atoms with Crippen LogP contribution in [-0.2, 0) is 6.42 Å². The largest absolute Gasteiger partial charge is 0.427 e. The van der Waals surface area contributed by atoms with E-state index in [0.29, 0.717) is 17.8 Å². The summed E-state index contributed by atoms with van der Waals surface area (Å²) in [4.78, 5) is 14.4. The highest BCUT2D eigenvalue weighted by molar-refractivity contribution is 5.84. The lowest BCUT2D eigenvalue weighted by atomic mass is 10.3. The van der Waals surface area contributed by atoms with Gasteiger partial charge in [0.25, 0.3) is 5.69 Å². The minimum atomic E-state index is -0.495. The molecule has 0 amide bonds. The maximum Gasteiger partial charge on any atom is 0.297 e. The number of aromatic nitrogens is 2. The van der Waals surface area contributed by atoms with Gasteiger partial charge in [-0.1, -0.05) is 13.0 Å². The summed E-state index contributed by atoms with van der Waals surface area (Å²) in [7, 11) is 0. The molecule has 0 atom stereocenters. The number of para-hydroxylation sites is 1. The van der Waals surface area contributed by atoms with Gasteiger partial charge in [0.15, 0.2) is 5.52 Å². The zero-order valence-corrected chi connectivity index (χ0v) is 8.75. The highest BCUT2D eigenvalue weighted by Gasteiger charge is 2.18. The third-order valence-corrected chi connectivity index (χ3v) is 2.38. The summed E-state index contributed by atoms with van der Waals surface area (Å²) in [6, 6.07) is 4.52. The second-order valence-electron chi connectivity index (χ2n) is 3.49. The molecule has 0 aliphatic heterocycles. The topological polar surface area (TPSA) is 81.2 Å². The van der Waals surface area contributed by atoms with Gasteiger partial charge >= 0.3 is 0 Å². The molecule has 0 saturated heterocycles. The minimum absolute atomic E-state index is 0.0809. The Labute approximate surface area is 91.2 Å². The van der Waals surface area contributed by atoms with Crippen molar-refractivity contribution in [3.8, 4) is 0 Å². The number of aryl methyl sites for hydroxylation is 1. The smallest absolute Gasteiger partial charge is 0.297 e. The van der Waals surface area contributed by atoms with Crippen LogP contribution in [0.5, 0.6) is 0 Å². The van der Waals surface area contributed by atoms with E-state index in [4.69, 9.17) is 0 Å². The van der Waals surface area contributed by atoms with Crippen LogP contribution in [0.1, 0.15) is 19.2 Å². The summed E-state index contributed by atoms with van der Waals surface area (Å²) in [6.07, 6.45) is 1.40. The Morgan fingerprint density at radius 2 is 2.31 bits per heavy atom. The van der Waals surface area contributed by atoms with E-state index in [2.05, 4.69) is 4.98 Å². The van der Waals surface area contributed by atoms with Gasteiger partial charge in [-0.05, 0) is 12.5 Å². The third-order valence-electron chi connectivity index (χ3n) is 2.38. The molecule has 0 unspecified atom stereocenters. The molecule has 6 nitrogen and oxygen atoms in total. The maximum atomic E-state index is 10.8. The number of nitro groups is 1. The Morgan fingerprint density at radius 1 is 1.56 bits per heavy atom. The molecular formula is C10H11N3O3. The number of hydrogen-bond acceptors (Lipinski definition) is 4. The van der Waals surface area contributed by atoms with Crippen molar-refractivity contribution in [1.82, 2.24) is 9.71 Å². The van der Waals surface area contributed by atoms with Crippen molar-refractivity contribution in [2.24, 2.45) is 0 Å². The number of hydrogen-bond donors (Lipinski definition) is 1. The van der Waals surface area contributed by atoms with Gasteiger partial charge in [-0.25, -0.2) is 4.98 Å². The van der Waals surface area contributed by atoms with Crippen molar-refractivity contribution in [2.45, 2.75) is 19.8 Å². The maximum absolute atomic E-state index is 10.8. The van der Waals surface area contributed by atoms with E-state index in [1.807, 2.05) is 6.92 Å². The summed E-state index contributed by atoms with van der Waals surface area (Å²) < 4.78 is 0.922. The fourth-order valence-corrected chi connectivity index (χ4v) is 1.65. The number of fused-ring (bicyclic) bond motifs is 1. The molecular weight excluding hydrogens is 210 g/mol. The molecule has 1 N–H and O–H groups in total. The quantitative estimate of drug-likeness (QED) is 0.489. The Hall–Kier alpha value is -2.11. The Bertz CT molecular complexity index is 547. The average Bonchev–Trinajstić information content (AvgIpc) is 2.57. The number of nitrogens with zero attached hydrogens (tertiary/aromatic N) is 3. The standard InChI is InChI=1S/C10H11N3O3/c1-2-4-9-11-10-7(12(9)14)5-3-6-8(10)13(15)16/h3,5-6,14H,2,4H2,1H3. The van der Waals surface area contributed by atoms with Crippen LogP contribution in [0.4, 0.5) is 5.69 Å². The molecule has 0 aliphatic carbocycles. The number of non-ortho nitro benzene ring substituents is 1. The Balaban J connectivity index is 2.70. The molecule has 6 heteroatoms. The molecule has 16 heavy (non-hydrogen) atoms. The minimum Gasteiger partial charge on any atom is -0.427 e. The van der Waals surface area contributed by atoms with Gasteiger partial charge in [0.2, 0.25) is 0 Å². The third kappa shape index (κ3) is 1.48. The number of benzene rings is 1. The molecule has 2 rings (SSSR count). The first-order valence-electron chi connectivity index (χ1n) is 4.99. The van der Waals surface area contributed by atoms with E-state index >= 15 is 0 Å². The zero-order chi connectivity index (χ0) is 11.7. The first kappa shape index (κ1) is 10.4. The molecule has 84 valence electrons. The van der Waals surface area contributed by atoms with Crippen molar-refractivity contribution in [3.63, 3.8) is 0 Å². The van der Waals surface area contributed by atoms with Gasteiger partial charge in [0.05, 0.1) is 4.92 Å². The van der Waals surface area contributed by atoms with Crippen LogP contribution in [0.3, 0.4) is 0 Å². The van der Waals surface area contributed by atoms with Crippen LogP contribution in [0.25, 0.3) is 11.0 Å². The Kier molecular flexibility index (Phi) is 2.47. The molecule has 0 spiro atoms. The second-order valence-corrected chi connectivity index (χ2v) is 3.49. The second kappa shape index (κ2) is 3.80. The summed E-state index contributed by atoms with van der Waals surface area (Å²) in [5, 5.41) is 20.5. The van der Waals surface area contributed by atoms with E-state index < -0.39 is 4.92 Å². The fourth-order valence-electron chi connectivity index (χ4n) is 1.65. The van der Waals surface area contributed by atoms with Gasteiger partial charge < -0.3 is 5.21 Å². The van der Waals surface area contributed by atoms with E-state index in [9.17, 15) is 15.3 Å². The van der Waals surface area contributed by atoms with Crippen molar-refractivity contribution >= 4 is 16.7 Å². The lowest BCUT2D eigenvalue weighted by Gasteiger charge is -1.97. The predicted molar refractivity (Wildman–Crippen MR) is 57.6 cm³/mol. The van der Waals surface area contributed by atoms with Crippen LogP contribution in [0.15, 0.2) is 18.2 Å². The van der Waals surface area contributed by atoms with E-state index in [0.717, 1.165) is 11.2 Å². The number of imidazole rings is 1. The normalized spacial score (nSPS) is 10.8. The average molecular weight is 221 g/mol. The van der Waals surface area contributed by atoms with Crippen LogP contribution in [-0.4, -0.2) is 19.8 Å². The molecule has 1 aromatic carbocycles. The van der Waals surface area contributed by atoms with Gasteiger partial charge in [0.1, 0.15) is 11.3 Å². The summed E-state index contributed by atoms with van der Waals surface area (Å²) in [5.41, 5.74) is 0.527. The highest BCUT2D eigenvalue weighted by atomic mass is 16.6. The number of nitro benzene ring substituents is 1. The van der Waals surface area contributed by atoms with Crippen LogP contribution < -0.4 is 0 Å². The molecule has 0 saturated carbocycles. The summed E-state index contributed by atoms with van der Waals surface area (Å²) in [5.74, 6) is 0.451. The summed E-state index contributed by atoms with van der Waals surface area (Å²) >= 11 is 0. The van der Waals surface area contributed by atoms with Crippen molar-refractivity contribution in [3.05, 3.63) is 34.1 Å². The monoisotopic (exact) mass is 221 g/mol. The molecule has 1 aromatic heterocycles. The number of rotatable bonds is 3. The van der Waals surface area contributed by atoms with Crippen LogP contribution >= 0.6 is 0 Å². The lowest BCUT2D eigenvalue weighted by Crippen LogP contribution is -1.97. The fraction of sp³-hybridized carbons (Fsp3) is 0.300. The van der Waals surface area contributed by atoms with Crippen molar-refractivity contribution < 1.29 is 10.1 Å². The van der Waals surface area contributed by atoms with Crippen molar-refractivity contribution in [1.29, 1.82) is 0 Å². The molecule has 0 fully saturated rings. The molecule has 0 bridgehead atoms. The molecule has 1 heterocycles. The zero-order valence-electron chi connectivity index (χ0n) is 8.75. The van der Waals surface area contributed by atoms with Crippen molar-refractivity contribution in [2.75, 3.05) is 0 Å². The summed E-state index contributed by atoms with van der Waals surface area (Å²) in [6.45, 7) is 1.95. The SMILES string of the molecule is CCCc1nc2c([N+](=O)[O-])cccc2n1O. The first-order chi connectivity index (χ1) is 7.65. The Morgan fingerprint density at radius 3 is 2.94 bits per heavy atom. The molecule has 2 aromatic rings. The molecule has 0 aliphatic rings. The van der Waals surface area contributed by atoms with Gasteiger partial charge in [-0.3, -0.25) is 10.1 Å². The molecule has 0 radical (unpaired) electrons. The van der Waals surface area contributed by atoms with Gasteiger partial charge in [0, 0.05) is 12.5 Å². The van der Waals surface area contributed by atoms with Crippen LogP contribution in [0, 0.1) is 10.1 Å². The van der Waals surface area contributed by atoms with E-state index in [-0.39, 0.29) is 11.2 Å². The predicted octanol–water partition coefficient (Wildman–Crippen LogP) is 2.13.